The number of hydrogen-bond acceptors (Lipinski definition) is 4. The van der Waals surface area contributed by atoms with Gasteiger partial charge in [0.15, 0.2) is 0 Å². The lowest BCUT2D eigenvalue weighted by molar-refractivity contribution is -0.116. The van der Waals surface area contributed by atoms with Gasteiger partial charge in [-0.15, -0.1) is 0 Å². The number of amides is 5. The van der Waals surface area contributed by atoms with Crippen molar-refractivity contribution in [2.75, 3.05) is 11.4 Å². The summed E-state index contributed by atoms with van der Waals surface area (Å²) in [4.78, 5) is 39.1. The van der Waals surface area contributed by atoms with E-state index in [0.29, 0.717) is 12.8 Å². The van der Waals surface area contributed by atoms with Crippen LogP contribution in [0.25, 0.3) is 0 Å². The Kier molecular flexibility index (Phi) is 5.08. The second-order valence-electron chi connectivity index (χ2n) is 6.41. The highest BCUT2D eigenvalue weighted by Crippen LogP contribution is 2.30. The molecule has 1 N–H and O–H groups in total. The zero-order valence-electron chi connectivity index (χ0n) is 13.8. The molecule has 0 bridgehead atoms. The molecule has 26 heavy (non-hydrogen) atoms. The third-order valence-electron chi connectivity index (χ3n) is 4.58. The summed E-state index contributed by atoms with van der Waals surface area (Å²) in [6.45, 7) is -0.406. The van der Waals surface area contributed by atoms with E-state index in [1.165, 1.54) is 18.2 Å². The standard InChI is InChI=1S/C17H16Cl2N4O3/c18-11-6-12(19)8-13(7-11)23-14(24)9-22(16(23)26)15(25)21-17(10-20)4-2-1-3-5-17/h6-8H,1-5,9H2,(H,21,25). The molecule has 0 radical (unpaired) electrons. The SMILES string of the molecule is N#CC1(NC(=O)N2CC(=O)N(c3cc(Cl)cc(Cl)c3)C2=O)CCCCC1. The maximum absolute atomic E-state index is 12.6. The van der Waals surface area contributed by atoms with Gasteiger partial charge in [0, 0.05) is 10.0 Å². The average molecular weight is 395 g/mol. The molecular weight excluding hydrogens is 379 g/mol. The Hall–Kier alpha value is -2.30. The third-order valence-corrected chi connectivity index (χ3v) is 5.02. The highest BCUT2D eigenvalue weighted by molar-refractivity contribution is 6.35. The van der Waals surface area contributed by atoms with Gasteiger partial charge in [0.2, 0.25) is 0 Å². The molecule has 1 aromatic carbocycles. The lowest BCUT2D eigenvalue weighted by Gasteiger charge is -2.32. The topological polar surface area (TPSA) is 93.5 Å². The van der Waals surface area contributed by atoms with Crippen molar-refractivity contribution in [1.82, 2.24) is 10.2 Å². The zero-order chi connectivity index (χ0) is 18.9. The van der Waals surface area contributed by atoms with E-state index in [1.807, 2.05) is 0 Å². The van der Waals surface area contributed by atoms with Gasteiger partial charge in [-0.1, -0.05) is 42.5 Å². The van der Waals surface area contributed by atoms with Crippen molar-refractivity contribution in [3.05, 3.63) is 28.2 Å². The Morgan fingerprint density at radius 1 is 1.12 bits per heavy atom. The van der Waals surface area contributed by atoms with Crippen molar-refractivity contribution in [2.24, 2.45) is 0 Å². The number of halogens is 2. The molecule has 1 saturated heterocycles. The monoisotopic (exact) mass is 394 g/mol. The van der Waals surface area contributed by atoms with Crippen LogP contribution in [0.2, 0.25) is 10.0 Å². The van der Waals surface area contributed by atoms with Crippen molar-refractivity contribution in [2.45, 2.75) is 37.6 Å². The molecule has 9 heteroatoms. The molecule has 1 aliphatic carbocycles. The van der Waals surface area contributed by atoms with Gasteiger partial charge in [-0.3, -0.25) is 4.79 Å². The number of anilines is 1. The van der Waals surface area contributed by atoms with Crippen LogP contribution in [0.4, 0.5) is 15.3 Å². The molecule has 0 atom stereocenters. The van der Waals surface area contributed by atoms with E-state index in [0.717, 1.165) is 29.1 Å². The van der Waals surface area contributed by atoms with Gasteiger partial charge in [-0.05, 0) is 31.0 Å². The number of benzene rings is 1. The number of carbonyl (C=O) groups excluding carboxylic acids is 3. The second-order valence-corrected chi connectivity index (χ2v) is 7.28. The Morgan fingerprint density at radius 2 is 1.73 bits per heavy atom. The number of nitrogens with zero attached hydrogens (tertiary/aromatic N) is 3. The smallest absolute Gasteiger partial charge is 0.319 e. The predicted octanol–water partition coefficient (Wildman–Crippen LogP) is 3.70. The number of carbonyl (C=O) groups is 3. The summed E-state index contributed by atoms with van der Waals surface area (Å²) < 4.78 is 0. The van der Waals surface area contributed by atoms with Crippen LogP contribution in [0.15, 0.2) is 18.2 Å². The number of imide groups is 2. The van der Waals surface area contributed by atoms with Crippen molar-refractivity contribution < 1.29 is 14.4 Å². The number of rotatable bonds is 2. The van der Waals surface area contributed by atoms with Crippen LogP contribution in [0.5, 0.6) is 0 Å². The Bertz CT molecular complexity index is 794. The summed E-state index contributed by atoms with van der Waals surface area (Å²) in [5, 5.41) is 12.6. The highest BCUT2D eigenvalue weighted by atomic mass is 35.5. The summed E-state index contributed by atoms with van der Waals surface area (Å²) in [6.07, 6.45) is 3.71. The van der Waals surface area contributed by atoms with Crippen molar-refractivity contribution in [3.8, 4) is 6.07 Å². The first kappa shape index (κ1) is 18.5. The van der Waals surface area contributed by atoms with Crippen LogP contribution < -0.4 is 10.2 Å². The quantitative estimate of drug-likeness (QED) is 0.773. The maximum Gasteiger partial charge on any atom is 0.340 e. The molecule has 0 unspecified atom stereocenters. The van der Waals surface area contributed by atoms with Crippen LogP contribution in [-0.2, 0) is 4.79 Å². The minimum absolute atomic E-state index is 0.195. The van der Waals surface area contributed by atoms with Crippen LogP contribution in [0.3, 0.4) is 0 Å². The summed E-state index contributed by atoms with van der Waals surface area (Å²) in [5.74, 6) is -0.571. The van der Waals surface area contributed by atoms with Gasteiger partial charge in [-0.2, -0.15) is 5.26 Å². The summed E-state index contributed by atoms with van der Waals surface area (Å²) in [7, 11) is 0. The van der Waals surface area contributed by atoms with Gasteiger partial charge < -0.3 is 5.32 Å². The summed E-state index contributed by atoms with van der Waals surface area (Å²) in [6, 6.07) is 4.92. The largest absolute Gasteiger partial charge is 0.340 e. The van der Waals surface area contributed by atoms with E-state index in [1.54, 1.807) is 0 Å². The fourth-order valence-corrected chi connectivity index (χ4v) is 3.79. The Balaban J connectivity index is 1.80. The van der Waals surface area contributed by atoms with Crippen molar-refractivity contribution >= 4 is 46.9 Å². The first-order chi connectivity index (χ1) is 12.3. The summed E-state index contributed by atoms with van der Waals surface area (Å²) in [5.41, 5.74) is -0.800. The minimum atomic E-state index is -0.995. The molecule has 5 amide bonds. The lowest BCUT2D eigenvalue weighted by Crippen LogP contribution is -2.54. The van der Waals surface area contributed by atoms with Crippen LogP contribution in [0, 0.1) is 11.3 Å². The van der Waals surface area contributed by atoms with Crippen LogP contribution in [-0.4, -0.2) is 35.0 Å². The fraction of sp³-hybridized carbons (Fsp3) is 0.412. The van der Waals surface area contributed by atoms with Crippen LogP contribution >= 0.6 is 23.2 Å². The highest BCUT2D eigenvalue weighted by Gasteiger charge is 2.43. The fourth-order valence-electron chi connectivity index (χ4n) is 3.27. The molecule has 1 saturated carbocycles. The van der Waals surface area contributed by atoms with E-state index in [9.17, 15) is 19.6 Å². The lowest BCUT2D eigenvalue weighted by atomic mass is 9.83. The molecule has 2 aliphatic rings. The molecule has 3 rings (SSSR count). The number of urea groups is 2. The van der Waals surface area contributed by atoms with Gasteiger partial charge in [0.1, 0.15) is 12.1 Å². The zero-order valence-corrected chi connectivity index (χ0v) is 15.3. The van der Waals surface area contributed by atoms with Gasteiger partial charge in [0.25, 0.3) is 5.91 Å². The molecule has 0 spiro atoms. The minimum Gasteiger partial charge on any atom is -0.319 e. The predicted molar refractivity (Wildman–Crippen MR) is 96.0 cm³/mol. The van der Waals surface area contributed by atoms with E-state index < -0.39 is 30.1 Å². The Labute approximate surface area is 160 Å². The third kappa shape index (κ3) is 3.48. The van der Waals surface area contributed by atoms with Crippen molar-refractivity contribution in [3.63, 3.8) is 0 Å². The molecule has 7 nitrogen and oxygen atoms in total. The summed E-state index contributed by atoms with van der Waals surface area (Å²) >= 11 is 11.9. The van der Waals surface area contributed by atoms with Gasteiger partial charge >= 0.3 is 12.1 Å². The normalized spacial score (nSPS) is 19.4. The number of nitriles is 1. The van der Waals surface area contributed by atoms with Crippen LogP contribution in [0.1, 0.15) is 32.1 Å². The molecule has 1 aliphatic heterocycles. The Morgan fingerprint density at radius 3 is 2.31 bits per heavy atom. The van der Waals surface area contributed by atoms with E-state index in [4.69, 9.17) is 23.2 Å². The van der Waals surface area contributed by atoms with Gasteiger partial charge in [0.05, 0.1) is 11.8 Å². The molecule has 1 aromatic rings. The molecule has 2 fully saturated rings. The van der Waals surface area contributed by atoms with E-state index in [-0.39, 0.29) is 15.7 Å². The number of hydrogen-bond donors (Lipinski definition) is 1. The van der Waals surface area contributed by atoms with Gasteiger partial charge in [-0.25, -0.2) is 19.4 Å². The molecule has 0 aromatic heterocycles. The van der Waals surface area contributed by atoms with E-state index in [2.05, 4.69) is 11.4 Å². The molecule has 1 heterocycles. The van der Waals surface area contributed by atoms with E-state index >= 15 is 0 Å². The average Bonchev–Trinajstić information content (AvgIpc) is 2.89. The first-order valence-corrected chi connectivity index (χ1v) is 8.95. The molecule has 136 valence electrons. The maximum atomic E-state index is 12.6. The first-order valence-electron chi connectivity index (χ1n) is 8.19. The second kappa shape index (κ2) is 7.14. The number of nitrogens with one attached hydrogen (secondary N) is 1. The molecular formula is C17H16Cl2N4O3. The van der Waals surface area contributed by atoms with Crippen molar-refractivity contribution in [1.29, 1.82) is 5.26 Å².